The van der Waals surface area contributed by atoms with E-state index in [1.807, 2.05) is 19.2 Å². The number of aromatic nitrogens is 1. The smallest absolute Gasteiger partial charge is 0.252 e. The number of methoxy groups -OCH3 is 1. The number of amides is 1. The fourth-order valence-electron chi connectivity index (χ4n) is 4.24. The first kappa shape index (κ1) is 19.6. The van der Waals surface area contributed by atoms with Gasteiger partial charge in [-0.1, -0.05) is 5.16 Å². The third kappa shape index (κ3) is 3.74. The molecule has 2 atom stereocenters. The third-order valence-corrected chi connectivity index (χ3v) is 6.92. The van der Waals surface area contributed by atoms with Gasteiger partial charge in [0, 0.05) is 55.7 Å². The molecule has 4 rings (SSSR count). The maximum atomic E-state index is 12.9. The molecular weight excluding hydrogens is 376 g/mol. The summed E-state index contributed by atoms with van der Waals surface area (Å²) in [7, 11) is 3.77. The summed E-state index contributed by atoms with van der Waals surface area (Å²) in [6.45, 7) is 8.26. The molecule has 1 N–H and O–H groups in total. The topological polar surface area (TPSA) is 70.8 Å². The number of likely N-dealkylation sites (tertiary alicyclic amines) is 1. The van der Waals surface area contributed by atoms with Crippen molar-refractivity contribution in [3.63, 3.8) is 0 Å². The van der Waals surface area contributed by atoms with Crippen LogP contribution in [0.2, 0.25) is 0 Å². The van der Waals surface area contributed by atoms with Crippen LogP contribution in [0.3, 0.4) is 0 Å². The molecule has 2 aliphatic rings. The van der Waals surface area contributed by atoms with E-state index in [0.717, 1.165) is 56.2 Å². The molecule has 0 bridgehead atoms. The number of likely N-dealkylation sites (N-methyl/N-ethyl adjacent to an activating group) is 1. The van der Waals surface area contributed by atoms with E-state index in [0.29, 0.717) is 0 Å². The van der Waals surface area contributed by atoms with E-state index in [9.17, 15) is 4.79 Å². The second-order valence-electron chi connectivity index (χ2n) is 7.89. The molecule has 1 amide bonds. The largest absolute Gasteiger partial charge is 0.378 e. The molecule has 2 aromatic rings. The number of ether oxygens (including phenoxy) is 1. The van der Waals surface area contributed by atoms with Crippen molar-refractivity contribution in [2.45, 2.75) is 45.5 Å². The van der Waals surface area contributed by atoms with Gasteiger partial charge in [0.25, 0.3) is 5.91 Å². The van der Waals surface area contributed by atoms with E-state index in [4.69, 9.17) is 9.26 Å². The van der Waals surface area contributed by atoms with Gasteiger partial charge in [-0.05, 0) is 32.9 Å². The van der Waals surface area contributed by atoms with E-state index < -0.39 is 0 Å². The van der Waals surface area contributed by atoms with Crippen molar-refractivity contribution in [2.75, 3.05) is 33.8 Å². The highest BCUT2D eigenvalue weighted by molar-refractivity contribution is 7.10. The minimum atomic E-state index is 0.0269. The maximum absolute atomic E-state index is 12.9. The van der Waals surface area contributed by atoms with Crippen molar-refractivity contribution in [3.8, 4) is 0 Å². The van der Waals surface area contributed by atoms with Gasteiger partial charge < -0.3 is 19.5 Å². The van der Waals surface area contributed by atoms with Crippen LogP contribution in [0.4, 0.5) is 0 Å². The van der Waals surface area contributed by atoms with Crippen molar-refractivity contribution in [2.24, 2.45) is 0 Å². The monoisotopic (exact) mass is 404 g/mol. The molecular formula is C20H28N4O3S. The molecule has 0 unspecified atom stereocenters. The maximum Gasteiger partial charge on any atom is 0.252 e. The Morgan fingerprint density at radius 1 is 1.43 bits per heavy atom. The number of nitrogens with zero attached hydrogens (tertiary/aromatic N) is 3. The number of nitrogens with one attached hydrogen (secondary N) is 1. The highest BCUT2D eigenvalue weighted by Gasteiger charge is 2.33. The summed E-state index contributed by atoms with van der Waals surface area (Å²) in [4.78, 5) is 18.8. The van der Waals surface area contributed by atoms with Gasteiger partial charge in [-0.15, -0.1) is 11.3 Å². The number of hydrogen-bond donors (Lipinski definition) is 1. The zero-order valence-corrected chi connectivity index (χ0v) is 17.8. The summed E-state index contributed by atoms with van der Waals surface area (Å²) in [5, 5.41) is 9.26. The Labute approximate surface area is 169 Å². The lowest BCUT2D eigenvalue weighted by Gasteiger charge is -2.27. The second kappa shape index (κ2) is 7.94. The standard InChI is InChI=1S/C20H28N4O3S/c1-12-15(13(2)27-22-12)7-24-6-5-14-16(11-28-19(14)10-24)20(25)21-17-8-23(3)9-18(17)26-4/h11,17-18H,5-10H2,1-4H3,(H,21,25)/t17-,18-/m0/s1. The fraction of sp³-hybridized carbons (Fsp3) is 0.600. The van der Waals surface area contributed by atoms with E-state index in [1.54, 1.807) is 18.4 Å². The van der Waals surface area contributed by atoms with E-state index >= 15 is 0 Å². The molecule has 0 saturated carbocycles. The molecule has 28 heavy (non-hydrogen) atoms. The van der Waals surface area contributed by atoms with Crippen molar-refractivity contribution >= 4 is 17.2 Å². The molecule has 1 saturated heterocycles. The van der Waals surface area contributed by atoms with Crippen LogP contribution >= 0.6 is 11.3 Å². The highest BCUT2D eigenvalue weighted by atomic mass is 32.1. The molecule has 7 nitrogen and oxygen atoms in total. The summed E-state index contributed by atoms with van der Waals surface area (Å²) in [5.41, 5.74) is 4.18. The average Bonchev–Trinajstić information content (AvgIpc) is 3.34. The molecule has 152 valence electrons. The fourth-order valence-corrected chi connectivity index (χ4v) is 5.36. The number of rotatable bonds is 5. The van der Waals surface area contributed by atoms with E-state index in [1.165, 1.54) is 16.0 Å². The third-order valence-electron chi connectivity index (χ3n) is 5.90. The second-order valence-corrected chi connectivity index (χ2v) is 8.85. The summed E-state index contributed by atoms with van der Waals surface area (Å²) in [6, 6.07) is 0.0395. The molecule has 0 aliphatic carbocycles. The Kier molecular flexibility index (Phi) is 5.55. The van der Waals surface area contributed by atoms with E-state index in [2.05, 4.69) is 27.3 Å². The van der Waals surface area contributed by atoms with Crippen LogP contribution in [0.15, 0.2) is 9.90 Å². The van der Waals surface area contributed by atoms with Gasteiger partial charge in [0.1, 0.15) is 5.76 Å². The normalized spacial score (nSPS) is 23.1. The Bertz CT molecular complexity index is 842. The SMILES string of the molecule is CO[C@H]1CN(C)C[C@@H]1NC(=O)c1csc2c1CCN(Cc1c(C)noc1C)C2. The molecule has 0 radical (unpaired) electrons. The molecule has 8 heteroatoms. The molecule has 0 aromatic carbocycles. The van der Waals surface area contributed by atoms with Gasteiger partial charge in [0.15, 0.2) is 0 Å². The van der Waals surface area contributed by atoms with Crippen LogP contribution in [0.5, 0.6) is 0 Å². The lowest BCUT2D eigenvalue weighted by Crippen LogP contribution is -2.43. The number of fused-ring (bicyclic) bond motifs is 1. The summed E-state index contributed by atoms with van der Waals surface area (Å²) >= 11 is 1.69. The first-order valence-electron chi connectivity index (χ1n) is 9.71. The molecule has 1 fully saturated rings. The number of hydrogen-bond acceptors (Lipinski definition) is 7. The first-order valence-corrected chi connectivity index (χ1v) is 10.6. The zero-order chi connectivity index (χ0) is 19.8. The Balaban J connectivity index is 1.43. The lowest BCUT2D eigenvalue weighted by molar-refractivity contribution is 0.0765. The molecule has 2 aromatic heterocycles. The van der Waals surface area contributed by atoms with Gasteiger partial charge in [0.2, 0.25) is 0 Å². The van der Waals surface area contributed by atoms with Crippen molar-refractivity contribution in [3.05, 3.63) is 38.4 Å². The average molecular weight is 405 g/mol. The minimum absolute atomic E-state index is 0.0269. The number of aryl methyl sites for hydroxylation is 2. The van der Waals surface area contributed by atoms with Crippen LogP contribution < -0.4 is 5.32 Å². The summed E-state index contributed by atoms with van der Waals surface area (Å²) in [6.07, 6.45) is 0.942. The van der Waals surface area contributed by atoms with E-state index in [-0.39, 0.29) is 18.1 Å². The predicted octanol–water partition coefficient (Wildman–Crippen LogP) is 1.97. The lowest BCUT2D eigenvalue weighted by atomic mass is 10.0. The van der Waals surface area contributed by atoms with Gasteiger partial charge in [0.05, 0.1) is 23.4 Å². The number of carbonyl (C=O) groups excluding carboxylic acids is 1. The molecule has 0 spiro atoms. The number of carbonyl (C=O) groups is 1. The van der Waals surface area contributed by atoms with Crippen molar-refractivity contribution in [1.29, 1.82) is 0 Å². The zero-order valence-electron chi connectivity index (χ0n) is 16.9. The van der Waals surface area contributed by atoms with Gasteiger partial charge in [-0.3, -0.25) is 9.69 Å². The van der Waals surface area contributed by atoms with Crippen LogP contribution in [0, 0.1) is 13.8 Å². The van der Waals surface area contributed by atoms with Gasteiger partial charge in [-0.2, -0.15) is 0 Å². The Morgan fingerprint density at radius 3 is 2.96 bits per heavy atom. The predicted molar refractivity (Wildman–Crippen MR) is 108 cm³/mol. The highest BCUT2D eigenvalue weighted by Crippen LogP contribution is 2.30. The molecule has 2 aliphatic heterocycles. The van der Waals surface area contributed by atoms with Crippen molar-refractivity contribution in [1.82, 2.24) is 20.3 Å². The van der Waals surface area contributed by atoms with Crippen LogP contribution in [0.25, 0.3) is 0 Å². The number of thiophene rings is 1. The summed E-state index contributed by atoms with van der Waals surface area (Å²) in [5.74, 6) is 0.919. The minimum Gasteiger partial charge on any atom is -0.378 e. The Morgan fingerprint density at radius 2 is 2.25 bits per heavy atom. The van der Waals surface area contributed by atoms with Gasteiger partial charge >= 0.3 is 0 Å². The molecule has 4 heterocycles. The first-order chi connectivity index (χ1) is 13.5. The van der Waals surface area contributed by atoms with Crippen LogP contribution in [-0.4, -0.2) is 66.8 Å². The van der Waals surface area contributed by atoms with Crippen LogP contribution in [-0.2, 0) is 24.2 Å². The van der Waals surface area contributed by atoms with Crippen LogP contribution in [0.1, 0.15) is 37.8 Å². The quantitative estimate of drug-likeness (QED) is 0.822. The summed E-state index contributed by atoms with van der Waals surface area (Å²) < 4.78 is 10.8. The Hall–Kier alpha value is -1.74. The van der Waals surface area contributed by atoms with Crippen molar-refractivity contribution < 1.29 is 14.1 Å². The van der Waals surface area contributed by atoms with Gasteiger partial charge in [-0.25, -0.2) is 0 Å².